The van der Waals surface area contributed by atoms with Crippen molar-refractivity contribution in [3.05, 3.63) is 63.7 Å². The van der Waals surface area contributed by atoms with Crippen molar-refractivity contribution in [1.29, 1.82) is 0 Å². The maximum absolute atomic E-state index is 12.0. The standard InChI is InChI=1S/C22H26N4O3S/c1-15-12-22(2,3)25(4)20-10-5-16(11-19(15)20)13-23-24-21(27)14-30-18-8-6-17(7-9-18)26(28)29/h5-11,13,15H,12,14H2,1-4H3,(H,24,27)/b23-13+. The number of nitrogens with zero attached hydrogens (tertiary/aromatic N) is 3. The van der Waals surface area contributed by atoms with E-state index in [9.17, 15) is 14.9 Å². The number of nitrogens with one attached hydrogen (secondary N) is 1. The summed E-state index contributed by atoms with van der Waals surface area (Å²) in [4.78, 5) is 25.4. The molecule has 0 aromatic heterocycles. The van der Waals surface area contributed by atoms with Crippen molar-refractivity contribution in [2.24, 2.45) is 5.10 Å². The smallest absolute Gasteiger partial charge is 0.269 e. The first kappa shape index (κ1) is 21.8. The molecule has 2 aromatic carbocycles. The molecule has 1 amide bonds. The van der Waals surface area contributed by atoms with Crippen LogP contribution in [-0.2, 0) is 4.79 Å². The van der Waals surface area contributed by atoms with Gasteiger partial charge in [0.25, 0.3) is 5.69 Å². The number of fused-ring (bicyclic) bond motifs is 1. The maximum Gasteiger partial charge on any atom is 0.269 e. The molecule has 0 bridgehead atoms. The third kappa shape index (κ3) is 4.99. The van der Waals surface area contributed by atoms with Crippen molar-refractivity contribution in [3.8, 4) is 0 Å². The van der Waals surface area contributed by atoms with E-state index in [1.807, 2.05) is 6.07 Å². The fourth-order valence-electron chi connectivity index (χ4n) is 3.70. The zero-order valence-corrected chi connectivity index (χ0v) is 18.4. The fraction of sp³-hybridized carbons (Fsp3) is 0.364. The number of rotatable bonds is 6. The number of non-ortho nitro benzene ring substituents is 1. The molecule has 158 valence electrons. The number of thioether (sulfide) groups is 1. The third-order valence-corrected chi connectivity index (χ3v) is 6.49. The van der Waals surface area contributed by atoms with Gasteiger partial charge in [0, 0.05) is 35.3 Å². The highest BCUT2D eigenvalue weighted by Crippen LogP contribution is 2.42. The molecular weight excluding hydrogens is 400 g/mol. The highest BCUT2D eigenvalue weighted by molar-refractivity contribution is 8.00. The molecule has 0 saturated heterocycles. The summed E-state index contributed by atoms with van der Waals surface area (Å²) in [5.41, 5.74) is 6.16. The van der Waals surface area contributed by atoms with Gasteiger partial charge in [0.05, 0.1) is 16.9 Å². The predicted molar refractivity (Wildman–Crippen MR) is 122 cm³/mol. The molecule has 8 heteroatoms. The van der Waals surface area contributed by atoms with E-state index in [1.165, 1.54) is 35.1 Å². The average molecular weight is 427 g/mol. The molecule has 7 nitrogen and oxygen atoms in total. The van der Waals surface area contributed by atoms with Crippen LogP contribution in [0.25, 0.3) is 0 Å². The van der Waals surface area contributed by atoms with Crippen LogP contribution in [0.3, 0.4) is 0 Å². The van der Waals surface area contributed by atoms with E-state index in [0.717, 1.165) is 16.9 Å². The van der Waals surface area contributed by atoms with Crippen molar-refractivity contribution in [3.63, 3.8) is 0 Å². The van der Waals surface area contributed by atoms with Gasteiger partial charge in [-0.3, -0.25) is 14.9 Å². The summed E-state index contributed by atoms with van der Waals surface area (Å²) >= 11 is 1.30. The number of nitro groups is 1. The van der Waals surface area contributed by atoms with Gasteiger partial charge >= 0.3 is 0 Å². The number of benzene rings is 2. The Balaban J connectivity index is 1.56. The third-order valence-electron chi connectivity index (χ3n) is 5.48. The molecule has 0 saturated carbocycles. The molecule has 1 aliphatic heterocycles. The SMILES string of the molecule is CC1CC(C)(C)N(C)c2ccc(/C=N/NC(=O)CSc3ccc([N+](=O)[O-])cc3)cc21. The van der Waals surface area contributed by atoms with Gasteiger partial charge in [0.2, 0.25) is 5.91 Å². The number of carbonyl (C=O) groups excluding carboxylic acids is 1. The summed E-state index contributed by atoms with van der Waals surface area (Å²) in [5.74, 6) is 0.394. The van der Waals surface area contributed by atoms with Crippen molar-refractivity contribution in [2.75, 3.05) is 17.7 Å². The quantitative estimate of drug-likeness (QED) is 0.317. The molecule has 1 unspecified atom stereocenters. The second kappa shape index (κ2) is 8.87. The van der Waals surface area contributed by atoms with Crippen LogP contribution in [0.15, 0.2) is 52.5 Å². The Morgan fingerprint density at radius 2 is 2.03 bits per heavy atom. The zero-order valence-electron chi connectivity index (χ0n) is 17.6. The summed E-state index contributed by atoms with van der Waals surface area (Å²) in [6.07, 6.45) is 2.73. The van der Waals surface area contributed by atoms with Gasteiger partial charge in [-0.1, -0.05) is 13.0 Å². The van der Waals surface area contributed by atoms with E-state index < -0.39 is 4.92 Å². The predicted octanol–water partition coefficient (Wildman–Crippen LogP) is 4.56. The lowest BCUT2D eigenvalue weighted by Gasteiger charge is -2.45. The molecule has 3 rings (SSSR count). The monoisotopic (exact) mass is 426 g/mol. The summed E-state index contributed by atoms with van der Waals surface area (Å²) < 4.78 is 0. The minimum atomic E-state index is -0.448. The number of hydrogen-bond acceptors (Lipinski definition) is 6. The van der Waals surface area contributed by atoms with E-state index in [0.29, 0.717) is 5.92 Å². The first-order valence-corrected chi connectivity index (χ1v) is 10.7. The Kier molecular flexibility index (Phi) is 6.45. The van der Waals surface area contributed by atoms with Gasteiger partial charge in [-0.25, -0.2) is 5.43 Å². The number of anilines is 1. The summed E-state index contributed by atoms with van der Waals surface area (Å²) in [7, 11) is 2.13. The largest absolute Gasteiger partial charge is 0.369 e. The number of hydrazone groups is 1. The van der Waals surface area contributed by atoms with Crippen molar-refractivity contribution >= 4 is 35.3 Å². The number of hydrogen-bond donors (Lipinski definition) is 1. The van der Waals surface area contributed by atoms with Crippen molar-refractivity contribution in [1.82, 2.24) is 5.43 Å². The highest BCUT2D eigenvalue weighted by atomic mass is 32.2. The lowest BCUT2D eigenvalue weighted by molar-refractivity contribution is -0.384. The van der Waals surface area contributed by atoms with Gasteiger partial charge in [0.15, 0.2) is 0 Å². The average Bonchev–Trinajstić information content (AvgIpc) is 2.70. The number of carbonyl (C=O) groups is 1. The van der Waals surface area contributed by atoms with Crippen LogP contribution < -0.4 is 10.3 Å². The summed E-state index contributed by atoms with van der Waals surface area (Å²) in [6, 6.07) is 12.4. The van der Waals surface area contributed by atoms with Crippen LogP contribution in [0.4, 0.5) is 11.4 Å². The van der Waals surface area contributed by atoms with Crippen LogP contribution in [0.2, 0.25) is 0 Å². The van der Waals surface area contributed by atoms with Gasteiger partial charge in [-0.2, -0.15) is 5.10 Å². The van der Waals surface area contributed by atoms with Gasteiger partial charge in [-0.05, 0) is 61.6 Å². The van der Waals surface area contributed by atoms with Crippen LogP contribution in [-0.4, -0.2) is 35.4 Å². The van der Waals surface area contributed by atoms with E-state index in [4.69, 9.17) is 0 Å². The Morgan fingerprint density at radius 3 is 2.70 bits per heavy atom. The molecule has 0 aliphatic carbocycles. The van der Waals surface area contributed by atoms with Crippen molar-refractivity contribution < 1.29 is 9.72 Å². The topological polar surface area (TPSA) is 87.8 Å². The van der Waals surface area contributed by atoms with Gasteiger partial charge in [0.1, 0.15) is 0 Å². The van der Waals surface area contributed by atoms with E-state index >= 15 is 0 Å². The lowest BCUT2D eigenvalue weighted by atomic mass is 9.80. The van der Waals surface area contributed by atoms with Crippen LogP contribution in [0, 0.1) is 10.1 Å². The molecule has 1 aliphatic rings. The maximum atomic E-state index is 12.0. The molecule has 0 fully saturated rings. The Morgan fingerprint density at radius 1 is 1.33 bits per heavy atom. The van der Waals surface area contributed by atoms with E-state index in [2.05, 4.69) is 55.4 Å². The fourth-order valence-corrected chi connectivity index (χ4v) is 4.39. The first-order chi connectivity index (χ1) is 14.2. The van der Waals surface area contributed by atoms with E-state index in [1.54, 1.807) is 18.3 Å². The van der Waals surface area contributed by atoms with Crippen molar-refractivity contribution in [2.45, 2.75) is 43.5 Å². The summed E-state index contributed by atoms with van der Waals surface area (Å²) in [5, 5.41) is 14.7. The van der Waals surface area contributed by atoms with Crippen LogP contribution in [0.5, 0.6) is 0 Å². The Hall–Kier alpha value is -2.87. The highest BCUT2D eigenvalue weighted by Gasteiger charge is 2.33. The van der Waals surface area contributed by atoms with Gasteiger partial charge in [-0.15, -0.1) is 11.8 Å². The van der Waals surface area contributed by atoms with Crippen LogP contribution in [0.1, 0.15) is 44.2 Å². The molecular formula is C22H26N4O3S. The number of amides is 1. The van der Waals surface area contributed by atoms with E-state index in [-0.39, 0.29) is 22.9 Å². The molecule has 2 aromatic rings. The normalized spacial score (nSPS) is 17.6. The molecule has 1 N–H and O–H groups in total. The van der Waals surface area contributed by atoms with Crippen LogP contribution >= 0.6 is 11.8 Å². The first-order valence-electron chi connectivity index (χ1n) is 9.74. The summed E-state index contributed by atoms with van der Waals surface area (Å²) in [6.45, 7) is 6.75. The zero-order chi connectivity index (χ0) is 21.9. The minimum Gasteiger partial charge on any atom is -0.369 e. The molecule has 1 heterocycles. The second-order valence-electron chi connectivity index (χ2n) is 8.13. The second-order valence-corrected chi connectivity index (χ2v) is 9.18. The Labute approximate surface area is 180 Å². The lowest BCUT2D eigenvalue weighted by Crippen LogP contribution is -2.45. The number of nitro benzene ring substituents is 1. The molecule has 0 spiro atoms. The molecule has 30 heavy (non-hydrogen) atoms. The van der Waals surface area contributed by atoms with Gasteiger partial charge < -0.3 is 4.90 Å². The molecule has 0 radical (unpaired) electrons. The Bertz CT molecular complexity index is 973. The molecule has 1 atom stereocenters. The minimum absolute atomic E-state index is 0.0301.